The average Bonchev–Trinajstić information content (AvgIpc) is 1.65. The first-order chi connectivity index (χ1) is 3.18. The summed E-state index contributed by atoms with van der Waals surface area (Å²) in [7, 11) is 0. The number of hydrogen-bond donors (Lipinski definition) is 1. The first-order valence-electron chi connectivity index (χ1n) is 1.76. The van der Waals surface area contributed by atoms with Crippen LogP contribution in [-0.4, -0.2) is 8.76 Å². The Balaban J connectivity index is 3.58. The lowest BCUT2D eigenvalue weighted by Crippen LogP contribution is -1.87. The summed E-state index contributed by atoms with van der Waals surface area (Å²) in [5, 5.41) is 0. The number of allylic oxidation sites excluding steroid dienone is 1. The van der Waals surface area contributed by atoms with E-state index in [1.165, 1.54) is 0 Å². The van der Waals surface area contributed by atoms with Gasteiger partial charge in [-0.3, -0.25) is 0 Å². The maximum absolute atomic E-state index is 9.90. The van der Waals surface area contributed by atoms with E-state index in [9.17, 15) is 4.21 Å². The molecule has 0 radical (unpaired) electrons. The lowest BCUT2D eigenvalue weighted by atomic mass is 10.5. The van der Waals surface area contributed by atoms with Crippen LogP contribution in [-0.2, 0) is 11.1 Å². The lowest BCUT2D eigenvalue weighted by Gasteiger charge is -1.84. The summed E-state index contributed by atoms with van der Waals surface area (Å²) in [5.41, 5.74) is 0. The van der Waals surface area contributed by atoms with E-state index in [4.69, 9.17) is 4.55 Å². The van der Waals surface area contributed by atoms with Gasteiger partial charge in [-0.1, -0.05) is 6.58 Å². The van der Waals surface area contributed by atoms with Crippen molar-refractivity contribution in [2.24, 2.45) is 0 Å². The standard InChI is InChI=1S/C4H6O2S/c1-3-4(2)7(5)6/h1-3H2/p+1. The fourth-order valence-corrected chi connectivity index (χ4v) is 0.262. The molecule has 0 amide bonds. The van der Waals surface area contributed by atoms with E-state index in [-0.39, 0.29) is 4.91 Å². The van der Waals surface area contributed by atoms with Crippen LogP contribution in [0.1, 0.15) is 6.42 Å². The van der Waals surface area contributed by atoms with Gasteiger partial charge < -0.3 is 4.55 Å². The summed E-state index contributed by atoms with van der Waals surface area (Å²) in [5.74, 6) is 0. The highest BCUT2D eigenvalue weighted by molar-refractivity contribution is 7.83. The van der Waals surface area contributed by atoms with Gasteiger partial charge in [0.05, 0.1) is 11.8 Å². The number of rotatable bonds is 2. The van der Waals surface area contributed by atoms with E-state index in [2.05, 4.69) is 13.5 Å². The minimum atomic E-state index is -1.87. The third-order valence-corrected chi connectivity index (χ3v) is 1.22. The fourth-order valence-electron chi connectivity index (χ4n) is 0.0873. The van der Waals surface area contributed by atoms with Crippen molar-refractivity contribution in [3.63, 3.8) is 0 Å². The van der Waals surface area contributed by atoms with Crippen LogP contribution in [0, 0.1) is 6.92 Å². The predicted octanol–water partition coefficient (Wildman–Crippen LogP) is 0.946. The Morgan fingerprint density at radius 3 is 2.43 bits per heavy atom. The van der Waals surface area contributed by atoms with Crippen LogP contribution in [0.25, 0.3) is 0 Å². The topological polar surface area (TPSA) is 37.3 Å². The van der Waals surface area contributed by atoms with Crippen LogP contribution in [0.5, 0.6) is 0 Å². The minimum absolute atomic E-state index is 0.264. The van der Waals surface area contributed by atoms with E-state index >= 15 is 0 Å². The highest BCUT2D eigenvalue weighted by atomic mass is 32.2. The molecule has 0 rings (SSSR count). The van der Waals surface area contributed by atoms with Crippen molar-refractivity contribution in [2.75, 3.05) is 0 Å². The molecule has 0 aromatic carbocycles. The molecule has 1 N–H and O–H groups in total. The zero-order chi connectivity index (χ0) is 5.86. The normalized spacial score (nSPS) is 13.3. The van der Waals surface area contributed by atoms with Crippen LogP contribution in [0.2, 0.25) is 0 Å². The predicted molar refractivity (Wildman–Crippen MR) is 29.9 cm³/mol. The second-order valence-electron chi connectivity index (χ2n) is 1.04. The summed E-state index contributed by atoms with van der Waals surface area (Å²) in [6.45, 7) is 6.61. The van der Waals surface area contributed by atoms with E-state index in [1.807, 2.05) is 0 Å². The maximum Gasteiger partial charge on any atom is 0.186 e. The molecular formula is C4H7O2S+. The molecule has 1 atom stereocenters. The molecule has 3 heteroatoms. The maximum atomic E-state index is 9.90. The first-order valence-corrected chi connectivity index (χ1v) is 2.87. The second-order valence-corrected chi connectivity index (χ2v) is 2.11. The molecule has 0 fully saturated rings. The number of hydrogen-bond acceptors (Lipinski definition) is 1. The van der Waals surface area contributed by atoms with Gasteiger partial charge in [0.2, 0.25) is 0 Å². The van der Waals surface area contributed by atoms with Crippen molar-refractivity contribution < 1.29 is 8.76 Å². The molecule has 2 nitrogen and oxygen atoms in total. The Kier molecular flexibility index (Phi) is 2.71. The van der Waals surface area contributed by atoms with Gasteiger partial charge in [0.25, 0.3) is 0 Å². The van der Waals surface area contributed by atoms with Crippen molar-refractivity contribution >= 4 is 11.1 Å². The van der Waals surface area contributed by atoms with E-state index in [1.54, 1.807) is 0 Å². The van der Waals surface area contributed by atoms with Crippen LogP contribution in [0.15, 0.2) is 11.5 Å². The Morgan fingerprint density at radius 1 is 2.00 bits per heavy atom. The summed E-state index contributed by atoms with van der Waals surface area (Å²) in [4.78, 5) is 0.264. The van der Waals surface area contributed by atoms with Gasteiger partial charge in [0.1, 0.15) is 6.42 Å². The van der Waals surface area contributed by atoms with Crippen LogP contribution < -0.4 is 0 Å². The van der Waals surface area contributed by atoms with Gasteiger partial charge in [-0.05, 0) is 0 Å². The molecular weight excluding hydrogens is 112 g/mol. The molecule has 0 aliphatic carbocycles. The molecule has 0 saturated carbocycles. The van der Waals surface area contributed by atoms with E-state index < -0.39 is 11.1 Å². The average molecular weight is 119 g/mol. The van der Waals surface area contributed by atoms with Gasteiger partial charge in [-0.25, -0.2) is 4.21 Å². The quantitative estimate of drug-likeness (QED) is 0.434. The van der Waals surface area contributed by atoms with Gasteiger partial charge in [-0.15, -0.1) is 0 Å². The molecule has 40 valence electrons. The molecule has 0 aliphatic rings. The Bertz CT molecular complexity index is 97.9. The summed E-state index contributed by atoms with van der Waals surface area (Å²) < 4.78 is 18.1. The second kappa shape index (κ2) is 2.82. The molecule has 7 heavy (non-hydrogen) atoms. The van der Waals surface area contributed by atoms with Crippen LogP contribution in [0.4, 0.5) is 0 Å². The third-order valence-electron chi connectivity index (χ3n) is 0.526. The molecule has 0 spiro atoms. The summed E-state index contributed by atoms with van der Waals surface area (Å²) in [6, 6.07) is 0. The summed E-state index contributed by atoms with van der Waals surface area (Å²) in [6.07, 6.45) is 0.323. The minimum Gasteiger partial charge on any atom is -0.302 e. The lowest BCUT2D eigenvalue weighted by molar-refractivity contribution is 0.570. The Labute approximate surface area is 45.5 Å². The van der Waals surface area contributed by atoms with Crippen molar-refractivity contribution in [3.05, 3.63) is 18.4 Å². The molecule has 1 unspecified atom stereocenters. The Hall–Kier alpha value is -0.280. The van der Waals surface area contributed by atoms with Gasteiger partial charge in [0, 0.05) is 0 Å². The van der Waals surface area contributed by atoms with E-state index in [0.717, 1.165) is 0 Å². The monoisotopic (exact) mass is 119 g/mol. The largest absolute Gasteiger partial charge is 0.302 e. The fraction of sp³-hybridized carbons (Fsp3) is 0.250. The first kappa shape index (κ1) is 6.72. The summed E-state index contributed by atoms with van der Waals surface area (Å²) >= 11 is -1.87. The molecule has 0 aromatic heterocycles. The zero-order valence-corrected chi connectivity index (χ0v) is 4.70. The Morgan fingerprint density at radius 2 is 2.43 bits per heavy atom. The molecule has 0 heterocycles. The van der Waals surface area contributed by atoms with Gasteiger partial charge in [-0.2, -0.15) is 0 Å². The highest BCUT2D eigenvalue weighted by Crippen LogP contribution is 1.97. The van der Waals surface area contributed by atoms with Gasteiger partial charge in [0.15, 0.2) is 11.1 Å². The molecule has 0 aromatic rings. The molecule has 0 saturated heterocycles. The van der Waals surface area contributed by atoms with Crippen LogP contribution >= 0.6 is 0 Å². The molecule has 0 aliphatic heterocycles. The molecule has 0 bridgehead atoms. The van der Waals surface area contributed by atoms with Crippen molar-refractivity contribution in [3.8, 4) is 0 Å². The third kappa shape index (κ3) is 2.42. The van der Waals surface area contributed by atoms with Gasteiger partial charge >= 0.3 is 0 Å². The van der Waals surface area contributed by atoms with Crippen molar-refractivity contribution in [1.29, 1.82) is 0 Å². The van der Waals surface area contributed by atoms with Crippen LogP contribution in [0.3, 0.4) is 0 Å². The van der Waals surface area contributed by atoms with Crippen molar-refractivity contribution in [2.45, 2.75) is 6.42 Å². The van der Waals surface area contributed by atoms with Crippen molar-refractivity contribution in [1.82, 2.24) is 0 Å². The van der Waals surface area contributed by atoms with E-state index in [0.29, 0.717) is 6.42 Å². The highest BCUT2D eigenvalue weighted by Gasteiger charge is 1.97. The smallest absolute Gasteiger partial charge is 0.186 e. The SMILES string of the molecule is C=C(C[CH2+])S(=O)O. The zero-order valence-electron chi connectivity index (χ0n) is 3.89.